The molecule has 4 rings (SSSR count). The Hall–Kier alpha value is -2.23. The second-order valence-corrected chi connectivity index (χ2v) is 7.68. The molecule has 0 radical (unpaired) electrons. The lowest BCUT2D eigenvalue weighted by atomic mass is 9.97. The average molecular weight is 363 g/mol. The zero-order valence-corrected chi connectivity index (χ0v) is 15.7. The molecule has 1 N–H and O–H groups in total. The first-order chi connectivity index (χ1) is 13.1. The Morgan fingerprint density at radius 3 is 2.59 bits per heavy atom. The molecule has 1 aliphatic heterocycles. The highest BCUT2D eigenvalue weighted by atomic mass is 19.1. The molecule has 0 spiro atoms. The maximum Gasteiger partial charge on any atom is 0.123 e. The van der Waals surface area contributed by atoms with Crippen LogP contribution in [0.5, 0.6) is 0 Å². The van der Waals surface area contributed by atoms with Crippen molar-refractivity contribution in [1.29, 1.82) is 0 Å². The van der Waals surface area contributed by atoms with Gasteiger partial charge in [-0.2, -0.15) is 0 Å². The minimum Gasteiger partial charge on any atom is -0.384 e. The standard InChI is InChI=1S/C24H26FNO/c1-17-4-3-12-26(17)13-11-18-7-8-20-15-22(10-9-19(20)14-18)24(27)21-5-2-6-23(25)16-21/h2,5-10,14-17,24,27H,3-4,11-13H2,1H3/t17-,24?/m1/s1. The predicted octanol–water partition coefficient (Wildman–Crippen LogP) is 5.09. The van der Waals surface area contributed by atoms with E-state index in [-0.39, 0.29) is 5.82 Å². The van der Waals surface area contributed by atoms with Crippen molar-refractivity contribution in [3.63, 3.8) is 0 Å². The molecule has 1 fully saturated rings. The van der Waals surface area contributed by atoms with Gasteiger partial charge in [0.05, 0.1) is 0 Å². The summed E-state index contributed by atoms with van der Waals surface area (Å²) in [4.78, 5) is 2.57. The molecule has 3 aromatic carbocycles. The maximum absolute atomic E-state index is 13.4. The fraction of sp³-hybridized carbons (Fsp3) is 0.333. The number of aliphatic hydroxyl groups excluding tert-OH is 1. The molecular formula is C24H26FNO. The van der Waals surface area contributed by atoms with Crippen molar-refractivity contribution < 1.29 is 9.50 Å². The third-order valence-electron chi connectivity index (χ3n) is 5.79. The fourth-order valence-corrected chi connectivity index (χ4v) is 4.11. The summed E-state index contributed by atoms with van der Waals surface area (Å²) in [5.74, 6) is -0.329. The molecular weight excluding hydrogens is 337 g/mol. The highest BCUT2D eigenvalue weighted by molar-refractivity contribution is 5.84. The number of likely N-dealkylation sites (tertiary alicyclic amines) is 1. The van der Waals surface area contributed by atoms with E-state index in [2.05, 4.69) is 36.1 Å². The molecule has 0 aromatic heterocycles. The second-order valence-electron chi connectivity index (χ2n) is 7.68. The number of nitrogens with zero attached hydrogens (tertiary/aromatic N) is 1. The van der Waals surface area contributed by atoms with E-state index >= 15 is 0 Å². The number of halogens is 1. The van der Waals surface area contributed by atoms with Crippen LogP contribution in [0.1, 0.15) is 42.6 Å². The lowest BCUT2D eigenvalue weighted by molar-refractivity contribution is 0.220. The summed E-state index contributed by atoms with van der Waals surface area (Å²) in [6.45, 7) is 4.65. The van der Waals surface area contributed by atoms with Crippen LogP contribution >= 0.6 is 0 Å². The van der Waals surface area contributed by atoms with Crippen LogP contribution in [0.3, 0.4) is 0 Å². The van der Waals surface area contributed by atoms with Gasteiger partial charge in [0.25, 0.3) is 0 Å². The number of fused-ring (bicyclic) bond motifs is 1. The van der Waals surface area contributed by atoms with Crippen LogP contribution in [-0.4, -0.2) is 29.1 Å². The van der Waals surface area contributed by atoms with Crippen LogP contribution in [0, 0.1) is 5.82 Å². The minimum atomic E-state index is -0.818. The molecule has 1 heterocycles. The van der Waals surface area contributed by atoms with Crippen LogP contribution in [0.2, 0.25) is 0 Å². The summed E-state index contributed by atoms with van der Waals surface area (Å²) >= 11 is 0. The Labute approximate surface area is 160 Å². The van der Waals surface area contributed by atoms with Gasteiger partial charge in [0, 0.05) is 12.6 Å². The van der Waals surface area contributed by atoms with E-state index in [1.165, 1.54) is 42.5 Å². The topological polar surface area (TPSA) is 23.5 Å². The fourth-order valence-electron chi connectivity index (χ4n) is 4.11. The molecule has 0 bridgehead atoms. The van der Waals surface area contributed by atoms with Gasteiger partial charge in [-0.25, -0.2) is 4.39 Å². The molecule has 0 amide bonds. The minimum absolute atomic E-state index is 0.329. The molecule has 0 aliphatic carbocycles. The smallest absolute Gasteiger partial charge is 0.123 e. The maximum atomic E-state index is 13.4. The first-order valence-electron chi connectivity index (χ1n) is 9.80. The van der Waals surface area contributed by atoms with E-state index in [9.17, 15) is 9.50 Å². The number of hydrogen-bond donors (Lipinski definition) is 1. The van der Waals surface area contributed by atoms with Crippen molar-refractivity contribution in [3.05, 3.63) is 83.2 Å². The summed E-state index contributed by atoms with van der Waals surface area (Å²) in [5, 5.41) is 12.9. The van der Waals surface area contributed by atoms with E-state index in [0.717, 1.165) is 23.9 Å². The van der Waals surface area contributed by atoms with E-state index in [1.807, 2.05) is 12.1 Å². The highest BCUT2D eigenvalue weighted by Gasteiger charge is 2.19. The number of benzene rings is 3. The highest BCUT2D eigenvalue weighted by Crippen LogP contribution is 2.27. The molecule has 1 aliphatic rings. The number of rotatable bonds is 5. The largest absolute Gasteiger partial charge is 0.384 e. The van der Waals surface area contributed by atoms with Crippen LogP contribution in [-0.2, 0) is 6.42 Å². The monoisotopic (exact) mass is 363 g/mol. The van der Waals surface area contributed by atoms with Gasteiger partial charge in [-0.3, -0.25) is 0 Å². The number of aliphatic hydroxyl groups is 1. The Morgan fingerprint density at radius 1 is 1.04 bits per heavy atom. The van der Waals surface area contributed by atoms with Crippen molar-refractivity contribution >= 4 is 10.8 Å². The summed E-state index contributed by atoms with van der Waals surface area (Å²) in [7, 11) is 0. The second kappa shape index (κ2) is 7.79. The van der Waals surface area contributed by atoms with Gasteiger partial charge in [0.1, 0.15) is 11.9 Å². The molecule has 1 unspecified atom stereocenters. The first-order valence-corrected chi connectivity index (χ1v) is 9.80. The van der Waals surface area contributed by atoms with Crippen LogP contribution in [0.4, 0.5) is 4.39 Å². The molecule has 2 nitrogen and oxygen atoms in total. The Bertz CT molecular complexity index is 939. The average Bonchev–Trinajstić information content (AvgIpc) is 3.10. The molecule has 1 saturated heterocycles. The SMILES string of the molecule is C[C@@H]1CCCN1CCc1ccc2cc(C(O)c3cccc(F)c3)ccc2c1. The van der Waals surface area contributed by atoms with E-state index in [4.69, 9.17) is 0 Å². The van der Waals surface area contributed by atoms with Gasteiger partial charge in [-0.1, -0.05) is 42.5 Å². The molecule has 2 atom stereocenters. The van der Waals surface area contributed by atoms with Gasteiger partial charge < -0.3 is 10.0 Å². The first kappa shape index (κ1) is 18.1. The molecule has 140 valence electrons. The zero-order valence-electron chi connectivity index (χ0n) is 15.7. The molecule has 27 heavy (non-hydrogen) atoms. The van der Waals surface area contributed by atoms with Crippen molar-refractivity contribution in [3.8, 4) is 0 Å². The van der Waals surface area contributed by atoms with Crippen molar-refractivity contribution in [2.45, 2.75) is 38.3 Å². The van der Waals surface area contributed by atoms with Gasteiger partial charge in [0.15, 0.2) is 0 Å². The van der Waals surface area contributed by atoms with Crippen molar-refractivity contribution in [1.82, 2.24) is 4.90 Å². The van der Waals surface area contributed by atoms with Crippen LogP contribution in [0.15, 0.2) is 60.7 Å². The van der Waals surface area contributed by atoms with Gasteiger partial charge in [-0.05, 0) is 78.4 Å². The third-order valence-corrected chi connectivity index (χ3v) is 5.79. The Morgan fingerprint density at radius 2 is 1.81 bits per heavy atom. The summed E-state index contributed by atoms with van der Waals surface area (Å²) in [6.07, 6.45) is 2.87. The van der Waals surface area contributed by atoms with E-state index in [1.54, 1.807) is 12.1 Å². The van der Waals surface area contributed by atoms with Gasteiger partial charge in [-0.15, -0.1) is 0 Å². The summed E-state index contributed by atoms with van der Waals surface area (Å²) in [5.41, 5.74) is 2.71. The predicted molar refractivity (Wildman–Crippen MR) is 108 cm³/mol. The molecule has 3 aromatic rings. The molecule has 3 heteroatoms. The van der Waals surface area contributed by atoms with Crippen molar-refractivity contribution in [2.75, 3.05) is 13.1 Å². The number of hydrogen-bond acceptors (Lipinski definition) is 2. The van der Waals surface area contributed by atoms with E-state index in [0.29, 0.717) is 11.6 Å². The third kappa shape index (κ3) is 4.05. The Balaban J connectivity index is 1.51. The zero-order chi connectivity index (χ0) is 18.8. The normalized spacial score (nSPS) is 18.9. The quantitative estimate of drug-likeness (QED) is 0.683. The Kier molecular flexibility index (Phi) is 5.24. The lowest BCUT2D eigenvalue weighted by Gasteiger charge is -2.20. The van der Waals surface area contributed by atoms with Gasteiger partial charge >= 0.3 is 0 Å². The lowest BCUT2D eigenvalue weighted by Crippen LogP contribution is -2.28. The van der Waals surface area contributed by atoms with Crippen LogP contribution < -0.4 is 0 Å². The van der Waals surface area contributed by atoms with Crippen LogP contribution in [0.25, 0.3) is 10.8 Å². The van der Waals surface area contributed by atoms with E-state index < -0.39 is 6.10 Å². The summed E-state index contributed by atoms with van der Waals surface area (Å²) in [6, 6.07) is 19.4. The summed E-state index contributed by atoms with van der Waals surface area (Å²) < 4.78 is 13.4. The molecule has 0 saturated carbocycles. The van der Waals surface area contributed by atoms with Gasteiger partial charge in [0.2, 0.25) is 0 Å². The van der Waals surface area contributed by atoms with Crippen molar-refractivity contribution in [2.24, 2.45) is 0 Å².